The van der Waals surface area contributed by atoms with Crippen molar-refractivity contribution in [3.63, 3.8) is 0 Å². The fourth-order valence-corrected chi connectivity index (χ4v) is 1.21. The molecule has 0 atom stereocenters. The quantitative estimate of drug-likeness (QED) is 0.532. The minimum absolute atomic E-state index is 0.790. The van der Waals surface area contributed by atoms with Crippen LogP contribution in [0, 0.1) is 0 Å². The predicted molar refractivity (Wildman–Crippen MR) is 49.8 cm³/mol. The van der Waals surface area contributed by atoms with Crippen molar-refractivity contribution in [3.8, 4) is 0 Å². The second-order valence-corrected chi connectivity index (χ2v) is 2.74. The normalized spacial score (nSPS) is 16.8. The van der Waals surface area contributed by atoms with Crippen LogP contribution in [0.15, 0.2) is 40.6 Å². The summed E-state index contributed by atoms with van der Waals surface area (Å²) >= 11 is 0. The summed E-state index contributed by atoms with van der Waals surface area (Å²) < 4.78 is 0. The summed E-state index contributed by atoms with van der Waals surface area (Å²) in [5, 5.41) is 0. The van der Waals surface area contributed by atoms with E-state index in [1.807, 2.05) is 0 Å². The van der Waals surface area contributed by atoms with Gasteiger partial charge in [-0.1, -0.05) is 24.3 Å². The molecule has 0 aromatic carbocycles. The van der Waals surface area contributed by atoms with Gasteiger partial charge in [-0.3, -0.25) is 4.99 Å². The first-order valence-electron chi connectivity index (χ1n) is 3.78. The average molecular weight is 147 g/mol. The van der Waals surface area contributed by atoms with Gasteiger partial charge in [0.2, 0.25) is 0 Å². The Balaban J connectivity index is 2.92. The fourth-order valence-electron chi connectivity index (χ4n) is 1.21. The average Bonchev–Trinajstić information content (AvgIpc) is 2.04. The van der Waals surface area contributed by atoms with E-state index in [-0.39, 0.29) is 0 Å². The van der Waals surface area contributed by atoms with Gasteiger partial charge in [0, 0.05) is 0 Å². The highest BCUT2D eigenvalue weighted by Crippen LogP contribution is 2.23. The first-order valence-corrected chi connectivity index (χ1v) is 3.78. The van der Waals surface area contributed by atoms with Gasteiger partial charge in [-0.25, -0.2) is 0 Å². The summed E-state index contributed by atoms with van der Waals surface area (Å²) in [7, 11) is 0. The van der Waals surface area contributed by atoms with Gasteiger partial charge in [0.25, 0.3) is 0 Å². The summed E-state index contributed by atoms with van der Waals surface area (Å²) in [5.41, 5.74) is 3.31. The van der Waals surface area contributed by atoms with E-state index < -0.39 is 0 Å². The second kappa shape index (κ2) is 3.33. The molecular formula is C10H13N. The molecule has 58 valence electrons. The first-order chi connectivity index (χ1) is 5.25. The molecule has 1 heteroatoms. The van der Waals surface area contributed by atoms with Gasteiger partial charge in [0.15, 0.2) is 0 Å². The maximum absolute atomic E-state index is 3.81. The zero-order valence-electron chi connectivity index (χ0n) is 6.93. The maximum atomic E-state index is 3.81. The Labute approximate surface area is 67.8 Å². The molecule has 0 heterocycles. The molecule has 0 saturated carbocycles. The molecule has 0 N–H and O–H groups in total. The molecule has 1 nitrogen and oxygen atoms in total. The van der Waals surface area contributed by atoms with Crippen molar-refractivity contribution >= 4 is 6.72 Å². The van der Waals surface area contributed by atoms with E-state index in [2.05, 4.69) is 37.4 Å². The van der Waals surface area contributed by atoms with Gasteiger partial charge in [0.05, 0.1) is 5.70 Å². The van der Waals surface area contributed by atoms with Crippen LogP contribution in [0.2, 0.25) is 0 Å². The van der Waals surface area contributed by atoms with Gasteiger partial charge in [-0.15, -0.1) is 0 Å². The fraction of sp³-hybridized carbons (Fsp3) is 0.300. The third-order valence-corrected chi connectivity index (χ3v) is 1.93. The number of rotatable bonds is 2. The molecule has 1 rings (SSSR count). The summed E-state index contributed by atoms with van der Waals surface area (Å²) in [5.74, 6) is 0. The molecule has 0 saturated heterocycles. The van der Waals surface area contributed by atoms with Gasteiger partial charge in [-0.05, 0) is 32.1 Å². The molecule has 0 spiro atoms. The van der Waals surface area contributed by atoms with Crippen LogP contribution >= 0.6 is 0 Å². The number of allylic oxidation sites excluding steroid dienone is 3. The predicted octanol–water partition coefficient (Wildman–Crippen LogP) is 2.87. The van der Waals surface area contributed by atoms with Gasteiger partial charge in [0.1, 0.15) is 0 Å². The van der Waals surface area contributed by atoms with Crippen molar-refractivity contribution in [1.82, 2.24) is 0 Å². The molecule has 1 aliphatic carbocycles. The maximum Gasteiger partial charge on any atom is 0.0622 e. The Morgan fingerprint density at radius 2 is 2.36 bits per heavy atom. The molecule has 0 aromatic heterocycles. The Morgan fingerprint density at radius 3 is 2.91 bits per heavy atom. The van der Waals surface area contributed by atoms with Gasteiger partial charge >= 0.3 is 0 Å². The molecule has 0 aliphatic heterocycles. The van der Waals surface area contributed by atoms with Crippen molar-refractivity contribution in [3.05, 3.63) is 35.6 Å². The molecule has 0 fully saturated rings. The first kappa shape index (κ1) is 7.99. The Bertz CT molecular complexity index is 244. The lowest BCUT2D eigenvalue weighted by Gasteiger charge is -2.11. The lowest BCUT2D eigenvalue weighted by Crippen LogP contribution is -1.92. The Hall–Kier alpha value is -1.11. The largest absolute Gasteiger partial charge is 0.265 e. The van der Waals surface area contributed by atoms with Crippen molar-refractivity contribution in [2.24, 2.45) is 4.99 Å². The summed E-state index contributed by atoms with van der Waals surface area (Å²) in [6.45, 7) is 9.38. The Kier molecular flexibility index (Phi) is 2.42. The van der Waals surface area contributed by atoms with Crippen molar-refractivity contribution in [1.29, 1.82) is 0 Å². The molecule has 1 aliphatic rings. The van der Waals surface area contributed by atoms with Crippen molar-refractivity contribution in [2.45, 2.75) is 19.8 Å². The van der Waals surface area contributed by atoms with Crippen LogP contribution in [0.25, 0.3) is 0 Å². The monoisotopic (exact) mass is 147 g/mol. The zero-order valence-corrected chi connectivity index (χ0v) is 6.93. The van der Waals surface area contributed by atoms with Crippen LogP contribution in [-0.4, -0.2) is 6.72 Å². The number of hydrogen-bond acceptors (Lipinski definition) is 1. The van der Waals surface area contributed by atoms with E-state index >= 15 is 0 Å². The summed E-state index contributed by atoms with van der Waals surface area (Å²) in [4.78, 5) is 3.81. The SMILES string of the molecule is C=NC(=C)C1=C(C)CCC=C1. The van der Waals surface area contributed by atoms with Gasteiger partial charge in [-0.2, -0.15) is 0 Å². The topological polar surface area (TPSA) is 12.4 Å². The third-order valence-electron chi connectivity index (χ3n) is 1.93. The summed E-state index contributed by atoms with van der Waals surface area (Å²) in [6, 6.07) is 0. The van der Waals surface area contributed by atoms with Crippen LogP contribution in [0.5, 0.6) is 0 Å². The summed E-state index contributed by atoms with van der Waals surface area (Å²) in [6.07, 6.45) is 6.49. The van der Waals surface area contributed by atoms with Crippen LogP contribution in [0.1, 0.15) is 19.8 Å². The van der Waals surface area contributed by atoms with Crippen molar-refractivity contribution < 1.29 is 0 Å². The standard InChI is InChI=1S/C10H13N/c1-8-6-4-5-7-10(8)9(2)11-3/h5,7H,2-4,6H2,1H3. The molecule has 0 aromatic rings. The highest BCUT2D eigenvalue weighted by molar-refractivity contribution is 5.46. The molecule has 0 amide bonds. The van der Waals surface area contributed by atoms with Crippen LogP contribution < -0.4 is 0 Å². The van der Waals surface area contributed by atoms with E-state index in [1.165, 1.54) is 5.57 Å². The number of nitrogens with zero attached hydrogens (tertiary/aromatic N) is 1. The lowest BCUT2D eigenvalue weighted by molar-refractivity contribution is 0.941. The van der Waals surface area contributed by atoms with Crippen LogP contribution in [-0.2, 0) is 0 Å². The van der Waals surface area contributed by atoms with Crippen LogP contribution in [0.4, 0.5) is 0 Å². The smallest absolute Gasteiger partial charge is 0.0622 e. The van der Waals surface area contributed by atoms with E-state index in [9.17, 15) is 0 Å². The van der Waals surface area contributed by atoms with Crippen molar-refractivity contribution in [2.75, 3.05) is 0 Å². The molecule has 0 radical (unpaired) electrons. The highest BCUT2D eigenvalue weighted by atomic mass is 14.7. The van der Waals surface area contributed by atoms with Crippen LogP contribution in [0.3, 0.4) is 0 Å². The lowest BCUT2D eigenvalue weighted by atomic mass is 9.97. The Morgan fingerprint density at radius 1 is 1.64 bits per heavy atom. The number of hydrogen-bond donors (Lipinski definition) is 0. The van der Waals surface area contributed by atoms with Gasteiger partial charge < -0.3 is 0 Å². The zero-order chi connectivity index (χ0) is 8.27. The molecule has 0 unspecified atom stereocenters. The molecule has 0 bridgehead atoms. The third kappa shape index (κ3) is 1.67. The van der Waals surface area contributed by atoms with E-state index in [1.54, 1.807) is 0 Å². The second-order valence-electron chi connectivity index (χ2n) is 2.74. The van der Waals surface area contributed by atoms with E-state index in [0.29, 0.717) is 0 Å². The highest BCUT2D eigenvalue weighted by Gasteiger charge is 2.05. The minimum Gasteiger partial charge on any atom is -0.265 e. The molecule has 11 heavy (non-hydrogen) atoms. The molecular weight excluding hydrogens is 134 g/mol. The van der Waals surface area contributed by atoms with E-state index in [0.717, 1.165) is 24.1 Å². The minimum atomic E-state index is 0.790. The number of aliphatic imine (C=N–C) groups is 1. The van der Waals surface area contributed by atoms with E-state index in [4.69, 9.17) is 0 Å².